The molecule has 0 saturated heterocycles. The van der Waals surface area contributed by atoms with Crippen LogP contribution in [0.1, 0.15) is 33.0 Å². The summed E-state index contributed by atoms with van der Waals surface area (Å²) >= 11 is 7.47. The summed E-state index contributed by atoms with van der Waals surface area (Å²) in [6, 6.07) is 3.84. The maximum Gasteiger partial charge on any atom is 0.355 e. The molecule has 1 aromatic heterocycles. The number of benzene rings is 1. The number of hydrogen-bond acceptors (Lipinski definition) is 4. The Morgan fingerprint density at radius 1 is 1.38 bits per heavy atom. The molecule has 0 aliphatic rings. The summed E-state index contributed by atoms with van der Waals surface area (Å²) in [5, 5.41) is 12.0. The number of carboxylic acids is 1. The first-order valence-corrected chi connectivity index (χ1v) is 7.80. The Balaban J connectivity index is 1.83. The zero-order chi connectivity index (χ0) is 15.4. The lowest BCUT2D eigenvalue weighted by atomic mass is 10.1. The van der Waals surface area contributed by atoms with E-state index in [1.165, 1.54) is 11.3 Å². The van der Waals surface area contributed by atoms with Gasteiger partial charge in [-0.1, -0.05) is 11.6 Å². The molecule has 0 bridgehead atoms. The summed E-state index contributed by atoms with van der Waals surface area (Å²) < 4.78 is 5.70. The Hall–Kier alpha value is -1.59. The van der Waals surface area contributed by atoms with Crippen molar-refractivity contribution in [3.05, 3.63) is 44.4 Å². The smallest absolute Gasteiger partial charge is 0.355 e. The Labute approximate surface area is 132 Å². The van der Waals surface area contributed by atoms with Crippen LogP contribution in [-0.4, -0.2) is 22.7 Å². The van der Waals surface area contributed by atoms with E-state index in [9.17, 15) is 4.79 Å². The molecule has 0 radical (unpaired) electrons. The number of hydrogen-bond donors (Lipinski definition) is 1. The minimum absolute atomic E-state index is 0.111. The van der Waals surface area contributed by atoms with Crippen LogP contribution in [0.3, 0.4) is 0 Å². The number of carboxylic acid groups (broad SMARTS) is 1. The van der Waals surface area contributed by atoms with Crippen LogP contribution < -0.4 is 4.74 Å². The van der Waals surface area contributed by atoms with Gasteiger partial charge in [0.1, 0.15) is 5.75 Å². The van der Waals surface area contributed by atoms with Gasteiger partial charge in [-0.25, -0.2) is 9.78 Å². The highest BCUT2D eigenvalue weighted by molar-refractivity contribution is 7.09. The Kier molecular flexibility index (Phi) is 5.20. The van der Waals surface area contributed by atoms with Crippen molar-refractivity contribution in [2.75, 3.05) is 6.61 Å². The molecule has 0 fully saturated rings. The Bertz CT molecular complexity index is 631. The zero-order valence-corrected chi connectivity index (χ0v) is 13.4. The molecule has 4 nitrogen and oxygen atoms in total. The van der Waals surface area contributed by atoms with E-state index in [0.29, 0.717) is 13.0 Å². The fourth-order valence-corrected chi connectivity index (χ4v) is 2.85. The highest BCUT2D eigenvalue weighted by Gasteiger charge is 2.08. The molecule has 0 aliphatic heterocycles. The van der Waals surface area contributed by atoms with Gasteiger partial charge in [0.25, 0.3) is 0 Å². The highest BCUT2D eigenvalue weighted by Crippen LogP contribution is 2.26. The van der Waals surface area contributed by atoms with Crippen LogP contribution in [0.25, 0.3) is 0 Å². The van der Waals surface area contributed by atoms with Crippen LogP contribution >= 0.6 is 22.9 Å². The molecule has 2 aromatic rings. The van der Waals surface area contributed by atoms with Crippen molar-refractivity contribution >= 4 is 28.9 Å². The van der Waals surface area contributed by atoms with E-state index in [2.05, 4.69) is 4.98 Å². The lowest BCUT2D eigenvalue weighted by Crippen LogP contribution is -2.01. The lowest BCUT2D eigenvalue weighted by molar-refractivity contribution is 0.0691. The van der Waals surface area contributed by atoms with Gasteiger partial charge in [-0.15, -0.1) is 11.3 Å². The van der Waals surface area contributed by atoms with Crippen LogP contribution in [0.4, 0.5) is 0 Å². The average molecular weight is 326 g/mol. The molecule has 0 aliphatic carbocycles. The van der Waals surface area contributed by atoms with Gasteiger partial charge < -0.3 is 9.84 Å². The molecule has 0 amide bonds. The topological polar surface area (TPSA) is 59.4 Å². The molecule has 1 heterocycles. The average Bonchev–Trinajstić information content (AvgIpc) is 2.90. The molecule has 1 N–H and O–H groups in total. The van der Waals surface area contributed by atoms with Gasteiger partial charge in [-0.2, -0.15) is 0 Å². The van der Waals surface area contributed by atoms with E-state index in [1.54, 1.807) is 5.38 Å². The van der Waals surface area contributed by atoms with Crippen molar-refractivity contribution in [2.24, 2.45) is 0 Å². The highest BCUT2D eigenvalue weighted by atomic mass is 35.5. The summed E-state index contributed by atoms with van der Waals surface area (Å²) in [6.45, 7) is 4.46. The van der Waals surface area contributed by atoms with Crippen molar-refractivity contribution in [3.8, 4) is 5.75 Å². The number of ether oxygens (including phenoxy) is 1. The SMILES string of the molecule is Cc1cc(OCCCc2nc(C(=O)O)cs2)cc(C)c1Cl. The minimum Gasteiger partial charge on any atom is -0.494 e. The maximum atomic E-state index is 10.7. The number of rotatable bonds is 6. The largest absolute Gasteiger partial charge is 0.494 e. The molecule has 0 saturated carbocycles. The number of nitrogens with zero attached hydrogens (tertiary/aromatic N) is 1. The normalized spacial score (nSPS) is 10.6. The van der Waals surface area contributed by atoms with Gasteiger partial charge in [0, 0.05) is 16.8 Å². The van der Waals surface area contributed by atoms with Crippen LogP contribution in [0.2, 0.25) is 5.02 Å². The zero-order valence-electron chi connectivity index (χ0n) is 11.9. The van der Waals surface area contributed by atoms with E-state index in [4.69, 9.17) is 21.4 Å². The van der Waals surface area contributed by atoms with E-state index >= 15 is 0 Å². The van der Waals surface area contributed by atoms with Crippen molar-refractivity contribution in [1.29, 1.82) is 0 Å². The number of thiazole rings is 1. The van der Waals surface area contributed by atoms with Gasteiger partial charge in [0.15, 0.2) is 5.69 Å². The van der Waals surface area contributed by atoms with Crippen molar-refractivity contribution in [3.63, 3.8) is 0 Å². The second kappa shape index (κ2) is 6.91. The molecular formula is C15H16ClNO3S. The first kappa shape index (κ1) is 15.8. The molecular weight excluding hydrogens is 310 g/mol. The Morgan fingerprint density at radius 3 is 2.62 bits per heavy atom. The monoisotopic (exact) mass is 325 g/mol. The standard InChI is InChI=1S/C15H16ClNO3S/c1-9-6-11(7-10(2)14(9)16)20-5-3-4-13-17-12(8-21-13)15(18)19/h6-8H,3-5H2,1-2H3,(H,18,19). The number of aromatic carboxylic acids is 1. The first-order chi connectivity index (χ1) is 9.97. The second-order valence-corrected chi connectivity index (χ2v) is 6.08. The number of halogens is 1. The lowest BCUT2D eigenvalue weighted by Gasteiger charge is -2.09. The van der Waals surface area contributed by atoms with Crippen LogP contribution in [0, 0.1) is 13.8 Å². The number of carbonyl (C=O) groups is 1. The molecule has 0 spiro atoms. The van der Waals surface area contributed by atoms with E-state index in [1.807, 2.05) is 26.0 Å². The number of aryl methyl sites for hydroxylation is 3. The van der Waals surface area contributed by atoms with E-state index < -0.39 is 5.97 Å². The van der Waals surface area contributed by atoms with Gasteiger partial charge >= 0.3 is 5.97 Å². The third kappa shape index (κ3) is 4.19. The molecule has 0 unspecified atom stereocenters. The Morgan fingerprint density at radius 2 is 2.05 bits per heavy atom. The second-order valence-electron chi connectivity index (χ2n) is 4.75. The summed E-state index contributed by atoms with van der Waals surface area (Å²) in [7, 11) is 0. The van der Waals surface area contributed by atoms with Crippen LogP contribution in [0.5, 0.6) is 5.75 Å². The summed E-state index contributed by atoms with van der Waals surface area (Å²) in [5.41, 5.74) is 2.11. The predicted octanol–water partition coefficient (Wildman–Crippen LogP) is 4.12. The van der Waals surface area contributed by atoms with Crippen LogP contribution in [0.15, 0.2) is 17.5 Å². The van der Waals surface area contributed by atoms with E-state index in [-0.39, 0.29) is 5.69 Å². The predicted molar refractivity (Wildman–Crippen MR) is 83.8 cm³/mol. The van der Waals surface area contributed by atoms with Crippen molar-refractivity contribution in [2.45, 2.75) is 26.7 Å². The summed E-state index contributed by atoms with van der Waals surface area (Å²) in [6.07, 6.45) is 1.50. The maximum absolute atomic E-state index is 10.7. The van der Waals surface area contributed by atoms with Gasteiger partial charge in [0.05, 0.1) is 11.6 Å². The van der Waals surface area contributed by atoms with Gasteiger partial charge in [-0.3, -0.25) is 0 Å². The molecule has 1 aromatic carbocycles. The number of aromatic nitrogens is 1. The van der Waals surface area contributed by atoms with Gasteiger partial charge in [-0.05, 0) is 43.5 Å². The fraction of sp³-hybridized carbons (Fsp3) is 0.333. The summed E-state index contributed by atoms with van der Waals surface area (Å²) in [5.74, 6) is -0.180. The van der Waals surface area contributed by atoms with Gasteiger partial charge in [0.2, 0.25) is 0 Å². The quantitative estimate of drug-likeness (QED) is 0.811. The molecule has 0 atom stereocenters. The molecule has 21 heavy (non-hydrogen) atoms. The summed E-state index contributed by atoms with van der Waals surface area (Å²) in [4.78, 5) is 14.8. The van der Waals surface area contributed by atoms with E-state index in [0.717, 1.165) is 33.3 Å². The van der Waals surface area contributed by atoms with Crippen LogP contribution in [-0.2, 0) is 6.42 Å². The molecule has 6 heteroatoms. The molecule has 112 valence electrons. The third-order valence-corrected chi connectivity index (χ3v) is 4.49. The van der Waals surface area contributed by atoms with Crippen molar-refractivity contribution < 1.29 is 14.6 Å². The minimum atomic E-state index is -0.985. The third-order valence-electron chi connectivity index (χ3n) is 2.98. The fourth-order valence-electron chi connectivity index (χ4n) is 1.93. The molecule has 2 rings (SSSR count). The van der Waals surface area contributed by atoms with Crippen molar-refractivity contribution in [1.82, 2.24) is 4.98 Å². The first-order valence-electron chi connectivity index (χ1n) is 6.54.